The van der Waals surface area contributed by atoms with Gasteiger partial charge < -0.3 is 10.0 Å². The Morgan fingerprint density at radius 2 is 1.53 bits per heavy atom. The molecule has 0 radical (unpaired) electrons. The zero-order valence-corrected chi connectivity index (χ0v) is 10.1. The predicted octanol–water partition coefficient (Wildman–Crippen LogP) is 2.00. The third-order valence-electron chi connectivity index (χ3n) is 2.73. The zero-order valence-electron chi connectivity index (χ0n) is 9.39. The molecular weight excluding hydrogens is 234 g/mol. The average Bonchev–Trinajstić information content (AvgIpc) is 2.29. The third kappa shape index (κ3) is 2.69. The molecule has 0 aromatic heterocycles. The van der Waals surface area contributed by atoms with E-state index in [1.54, 1.807) is 6.07 Å². The molecule has 2 rings (SSSR count). The fraction of sp³-hybridized carbons (Fsp3) is 0.0769. The van der Waals surface area contributed by atoms with Gasteiger partial charge in [0.05, 0.1) is 0 Å². The second kappa shape index (κ2) is 4.92. The monoisotopic (exact) mass is 246 g/mol. The molecule has 0 spiro atoms. The van der Waals surface area contributed by atoms with Gasteiger partial charge in [-0.15, -0.1) is 0 Å². The van der Waals surface area contributed by atoms with Crippen LogP contribution in [0.5, 0.6) is 0 Å². The van der Waals surface area contributed by atoms with Crippen LogP contribution in [0.25, 0.3) is 11.1 Å². The van der Waals surface area contributed by atoms with Gasteiger partial charge in [-0.3, -0.25) is 0 Å². The molecule has 0 unspecified atom stereocenters. The third-order valence-corrected chi connectivity index (χ3v) is 2.98. The van der Waals surface area contributed by atoms with Gasteiger partial charge in [0.1, 0.15) is 0 Å². The number of halogens is 1. The number of hydrogen-bond donors (Lipinski definition) is 2. The molecule has 0 aliphatic rings. The second-order valence-electron chi connectivity index (χ2n) is 3.95. The average molecular weight is 247 g/mol. The quantitative estimate of drug-likeness (QED) is 0.796. The van der Waals surface area contributed by atoms with Crippen molar-refractivity contribution in [3.05, 3.63) is 53.1 Å². The van der Waals surface area contributed by atoms with Crippen molar-refractivity contribution >= 4 is 24.2 Å². The summed E-state index contributed by atoms with van der Waals surface area (Å²) in [6.07, 6.45) is 0. The Hall–Kier alpha value is -1.29. The van der Waals surface area contributed by atoms with Crippen molar-refractivity contribution < 1.29 is 10.0 Å². The molecule has 2 nitrogen and oxygen atoms in total. The minimum atomic E-state index is -1.42. The summed E-state index contributed by atoms with van der Waals surface area (Å²) in [5.74, 6) is 0. The predicted molar refractivity (Wildman–Crippen MR) is 71.5 cm³/mol. The maximum absolute atomic E-state index is 9.14. The van der Waals surface area contributed by atoms with Crippen molar-refractivity contribution in [3.8, 4) is 11.1 Å². The Balaban J connectivity index is 2.41. The second-order valence-corrected chi connectivity index (χ2v) is 4.39. The molecular formula is C13H12BClO2. The summed E-state index contributed by atoms with van der Waals surface area (Å²) in [6, 6.07) is 13.1. The molecule has 0 amide bonds. The Kier molecular flexibility index (Phi) is 3.53. The summed E-state index contributed by atoms with van der Waals surface area (Å²) in [4.78, 5) is 0. The van der Waals surface area contributed by atoms with Crippen molar-refractivity contribution in [2.24, 2.45) is 0 Å². The molecule has 2 N–H and O–H groups in total. The van der Waals surface area contributed by atoms with E-state index < -0.39 is 7.12 Å². The fourth-order valence-corrected chi connectivity index (χ4v) is 1.91. The number of hydrogen-bond acceptors (Lipinski definition) is 2. The maximum Gasteiger partial charge on any atom is 0.488 e. The van der Waals surface area contributed by atoms with Crippen LogP contribution in [-0.4, -0.2) is 17.2 Å². The molecule has 0 aliphatic heterocycles. The lowest BCUT2D eigenvalue weighted by Gasteiger charge is -2.08. The van der Waals surface area contributed by atoms with Crippen LogP contribution in [0.15, 0.2) is 42.5 Å². The first kappa shape index (κ1) is 12.2. The van der Waals surface area contributed by atoms with Gasteiger partial charge in [0.2, 0.25) is 0 Å². The van der Waals surface area contributed by atoms with Crippen LogP contribution in [0.3, 0.4) is 0 Å². The lowest BCUT2D eigenvalue weighted by molar-refractivity contribution is 0.425. The maximum atomic E-state index is 9.14. The summed E-state index contributed by atoms with van der Waals surface area (Å²) < 4.78 is 0. The standard InChI is InChI=1S/C13H12BClO2/c1-9-8-11(4-7-13(9)14(16)17)10-2-5-12(15)6-3-10/h2-8,16-17H,1H3. The van der Waals surface area contributed by atoms with Crippen molar-refractivity contribution in [1.29, 1.82) is 0 Å². The highest BCUT2D eigenvalue weighted by Gasteiger charge is 2.13. The zero-order chi connectivity index (χ0) is 12.4. The van der Waals surface area contributed by atoms with Gasteiger partial charge in [-0.25, -0.2) is 0 Å². The van der Waals surface area contributed by atoms with E-state index >= 15 is 0 Å². The fourth-order valence-electron chi connectivity index (χ4n) is 1.79. The van der Waals surface area contributed by atoms with Crippen LogP contribution >= 0.6 is 11.6 Å². The largest absolute Gasteiger partial charge is 0.488 e. The van der Waals surface area contributed by atoms with Crippen molar-refractivity contribution in [1.82, 2.24) is 0 Å². The first-order valence-electron chi connectivity index (χ1n) is 5.30. The molecule has 2 aromatic rings. The molecule has 0 aliphatic carbocycles. The van der Waals surface area contributed by atoms with E-state index in [2.05, 4.69) is 0 Å². The van der Waals surface area contributed by atoms with Gasteiger partial charge >= 0.3 is 7.12 Å². The van der Waals surface area contributed by atoms with Crippen LogP contribution in [0.2, 0.25) is 5.02 Å². The Morgan fingerprint density at radius 3 is 2.06 bits per heavy atom. The molecule has 0 saturated heterocycles. The highest BCUT2D eigenvalue weighted by molar-refractivity contribution is 6.59. The van der Waals surface area contributed by atoms with E-state index in [0.29, 0.717) is 10.5 Å². The van der Waals surface area contributed by atoms with Gasteiger partial charge in [0.15, 0.2) is 0 Å². The molecule has 17 heavy (non-hydrogen) atoms. The number of aryl methyl sites for hydroxylation is 1. The van der Waals surface area contributed by atoms with Gasteiger partial charge in [0, 0.05) is 5.02 Å². The molecule has 0 atom stereocenters. The van der Waals surface area contributed by atoms with E-state index in [-0.39, 0.29) is 0 Å². The summed E-state index contributed by atoms with van der Waals surface area (Å²) in [5.41, 5.74) is 3.47. The SMILES string of the molecule is Cc1cc(-c2ccc(Cl)cc2)ccc1B(O)O. The number of benzene rings is 2. The Labute approximate surface area is 106 Å². The molecule has 0 fully saturated rings. The molecule has 4 heteroatoms. The molecule has 86 valence electrons. The Morgan fingerprint density at radius 1 is 0.941 bits per heavy atom. The topological polar surface area (TPSA) is 40.5 Å². The summed E-state index contributed by atoms with van der Waals surface area (Å²) >= 11 is 5.83. The van der Waals surface area contributed by atoms with Crippen molar-refractivity contribution in [2.75, 3.05) is 0 Å². The van der Waals surface area contributed by atoms with Crippen molar-refractivity contribution in [2.45, 2.75) is 6.92 Å². The van der Waals surface area contributed by atoms with E-state index in [1.165, 1.54) is 0 Å². The van der Waals surface area contributed by atoms with Crippen molar-refractivity contribution in [3.63, 3.8) is 0 Å². The van der Waals surface area contributed by atoms with Crippen LogP contribution in [0, 0.1) is 6.92 Å². The van der Waals surface area contributed by atoms with Crippen LogP contribution in [0.4, 0.5) is 0 Å². The first-order valence-corrected chi connectivity index (χ1v) is 5.68. The summed E-state index contributed by atoms with van der Waals surface area (Å²) in [7, 11) is -1.42. The number of rotatable bonds is 2. The summed E-state index contributed by atoms with van der Waals surface area (Å²) in [6.45, 7) is 1.86. The van der Waals surface area contributed by atoms with E-state index in [1.807, 2.05) is 43.3 Å². The highest BCUT2D eigenvalue weighted by Crippen LogP contribution is 2.21. The smallest absolute Gasteiger partial charge is 0.423 e. The van der Waals surface area contributed by atoms with Gasteiger partial charge in [0.25, 0.3) is 0 Å². The van der Waals surface area contributed by atoms with E-state index in [4.69, 9.17) is 21.6 Å². The minimum Gasteiger partial charge on any atom is -0.423 e. The lowest BCUT2D eigenvalue weighted by Crippen LogP contribution is -2.31. The lowest BCUT2D eigenvalue weighted by atomic mass is 9.76. The van der Waals surface area contributed by atoms with Crippen LogP contribution < -0.4 is 5.46 Å². The van der Waals surface area contributed by atoms with Gasteiger partial charge in [-0.1, -0.05) is 47.5 Å². The molecule has 2 aromatic carbocycles. The minimum absolute atomic E-state index is 0.530. The normalized spacial score (nSPS) is 10.4. The van der Waals surface area contributed by atoms with Gasteiger partial charge in [-0.2, -0.15) is 0 Å². The highest BCUT2D eigenvalue weighted by atomic mass is 35.5. The van der Waals surface area contributed by atoms with E-state index in [0.717, 1.165) is 16.7 Å². The summed E-state index contributed by atoms with van der Waals surface area (Å²) in [5, 5.41) is 19.0. The van der Waals surface area contributed by atoms with Crippen LogP contribution in [-0.2, 0) is 0 Å². The Bertz CT molecular complexity index is 523. The molecule has 0 heterocycles. The molecule has 0 saturated carbocycles. The van der Waals surface area contributed by atoms with E-state index in [9.17, 15) is 0 Å². The van der Waals surface area contributed by atoms with Crippen LogP contribution in [0.1, 0.15) is 5.56 Å². The molecule has 0 bridgehead atoms. The first-order chi connectivity index (χ1) is 8.08. The van der Waals surface area contributed by atoms with Gasteiger partial charge in [-0.05, 0) is 35.6 Å².